The predicted molar refractivity (Wildman–Crippen MR) is 104 cm³/mol. The molecule has 0 bridgehead atoms. The molecule has 1 N–H and O–H groups in total. The summed E-state index contributed by atoms with van der Waals surface area (Å²) in [5.41, 5.74) is 5.40. The second-order valence-corrected chi connectivity index (χ2v) is 5.78. The summed E-state index contributed by atoms with van der Waals surface area (Å²) in [6.45, 7) is 0. The number of hydrogen-bond donors (Lipinski definition) is 1. The zero-order chi connectivity index (χ0) is 18.5. The van der Waals surface area contributed by atoms with Crippen molar-refractivity contribution in [2.75, 3.05) is 26.8 Å². The third kappa shape index (κ3) is 3.65. The molecule has 0 aliphatic heterocycles. The normalized spacial score (nSPS) is 10.9. The van der Waals surface area contributed by atoms with Gasteiger partial charge in [-0.2, -0.15) is 5.10 Å². The number of hydrogen-bond acceptors (Lipinski definition) is 6. The Balaban J connectivity index is 1.89. The lowest BCUT2D eigenvalue weighted by molar-refractivity contribution is 0.349. The molecule has 0 atom stereocenters. The van der Waals surface area contributed by atoms with Crippen LogP contribution < -0.4 is 19.6 Å². The van der Waals surface area contributed by atoms with Gasteiger partial charge in [0.1, 0.15) is 5.75 Å². The van der Waals surface area contributed by atoms with Crippen molar-refractivity contribution in [2.45, 2.75) is 0 Å². The van der Waals surface area contributed by atoms with E-state index in [1.165, 1.54) is 0 Å². The molecule has 3 aromatic rings. The van der Waals surface area contributed by atoms with Crippen molar-refractivity contribution in [3.63, 3.8) is 0 Å². The first-order valence-electron chi connectivity index (χ1n) is 7.79. The first kappa shape index (κ1) is 17.8. The molecule has 0 saturated carbocycles. The van der Waals surface area contributed by atoms with Crippen molar-refractivity contribution in [1.82, 2.24) is 4.98 Å². The van der Waals surface area contributed by atoms with Crippen LogP contribution in [0.1, 0.15) is 5.56 Å². The Bertz CT molecular complexity index is 960. The molecule has 134 valence electrons. The lowest BCUT2D eigenvalue weighted by atomic mass is 10.2. The lowest BCUT2D eigenvalue weighted by Crippen LogP contribution is -1.98. The molecule has 0 saturated heterocycles. The third-order valence-corrected chi connectivity index (χ3v) is 4.06. The van der Waals surface area contributed by atoms with E-state index in [0.29, 0.717) is 22.3 Å². The summed E-state index contributed by atoms with van der Waals surface area (Å²) in [6.07, 6.45) is 3.36. The number of nitrogens with zero attached hydrogens (tertiary/aromatic N) is 2. The van der Waals surface area contributed by atoms with Crippen LogP contribution in [0.4, 0.5) is 5.69 Å². The highest BCUT2D eigenvalue weighted by Gasteiger charge is 2.10. The molecule has 26 heavy (non-hydrogen) atoms. The molecule has 6 nitrogen and oxygen atoms in total. The van der Waals surface area contributed by atoms with Crippen LogP contribution in [0.5, 0.6) is 17.2 Å². The van der Waals surface area contributed by atoms with Crippen LogP contribution in [-0.4, -0.2) is 32.5 Å². The van der Waals surface area contributed by atoms with Crippen LogP contribution >= 0.6 is 11.6 Å². The highest BCUT2D eigenvalue weighted by Crippen LogP contribution is 2.33. The summed E-state index contributed by atoms with van der Waals surface area (Å²) in [7, 11) is 4.75. The number of aromatic nitrogens is 1. The Morgan fingerprint density at radius 2 is 1.69 bits per heavy atom. The van der Waals surface area contributed by atoms with Crippen LogP contribution in [0.15, 0.2) is 47.7 Å². The van der Waals surface area contributed by atoms with Gasteiger partial charge in [-0.3, -0.25) is 10.4 Å². The summed E-state index contributed by atoms with van der Waals surface area (Å²) < 4.78 is 16.0. The summed E-state index contributed by atoms with van der Waals surface area (Å²) in [4.78, 5) is 4.31. The van der Waals surface area contributed by atoms with Crippen molar-refractivity contribution >= 4 is 34.4 Å². The van der Waals surface area contributed by atoms with E-state index in [9.17, 15) is 0 Å². The van der Waals surface area contributed by atoms with Crippen LogP contribution in [-0.2, 0) is 0 Å². The average Bonchev–Trinajstić information content (AvgIpc) is 2.67. The lowest BCUT2D eigenvalue weighted by Gasteiger charge is -2.12. The van der Waals surface area contributed by atoms with E-state index < -0.39 is 0 Å². The van der Waals surface area contributed by atoms with Crippen LogP contribution in [0.2, 0.25) is 5.02 Å². The minimum atomic E-state index is 0.589. The van der Waals surface area contributed by atoms with E-state index >= 15 is 0 Å². The van der Waals surface area contributed by atoms with Crippen molar-refractivity contribution < 1.29 is 14.2 Å². The Kier molecular flexibility index (Phi) is 5.43. The van der Waals surface area contributed by atoms with Gasteiger partial charge >= 0.3 is 0 Å². The summed E-state index contributed by atoms with van der Waals surface area (Å²) in [5, 5.41) is 5.88. The molecule has 0 unspecified atom stereocenters. The van der Waals surface area contributed by atoms with E-state index in [-0.39, 0.29) is 0 Å². The molecule has 0 radical (unpaired) electrons. The fourth-order valence-corrected chi connectivity index (χ4v) is 2.71. The van der Waals surface area contributed by atoms with Gasteiger partial charge in [0.15, 0.2) is 11.5 Å². The summed E-state index contributed by atoms with van der Waals surface area (Å²) >= 11 is 6.02. The Hall–Kier alpha value is -2.99. The van der Waals surface area contributed by atoms with Gasteiger partial charge in [0, 0.05) is 28.2 Å². The number of anilines is 1. The molecule has 1 aromatic heterocycles. The number of fused-ring (bicyclic) bond motifs is 1. The first-order valence-corrected chi connectivity index (χ1v) is 8.17. The number of pyridine rings is 1. The van der Waals surface area contributed by atoms with Gasteiger partial charge in [0.05, 0.1) is 38.7 Å². The predicted octanol–water partition coefficient (Wildman–Crippen LogP) is 4.36. The van der Waals surface area contributed by atoms with E-state index in [1.807, 2.05) is 24.3 Å². The summed E-state index contributed by atoms with van der Waals surface area (Å²) in [5.74, 6) is 1.81. The van der Waals surface area contributed by atoms with Gasteiger partial charge in [-0.25, -0.2) is 0 Å². The molecule has 3 rings (SSSR count). The quantitative estimate of drug-likeness (QED) is 0.515. The Labute approximate surface area is 156 Å². The first-order chi connectivity index (χ1) is 12.7. The van der Waals surface area contributed by atoms with Gasteiger partial charge < -0.3 is 14.2 Å². The Morgan fingerprint density at radius 1 is 0.962 bits per heavy atom. The van der Waals surface area contributed by atoms with E-state index in [1.54, 1.807) is 45.9 Å². The molecule has 7 heteroatoms. The molecule has 0 amide bonds. The number of ether oxygens (including phenoxy) is 3. The van der Waals surface area contributed by atoms with Gasteiger partial charge in [-0.1, -0.05) is 11.6 Å². The largest absolute Gasteiger partial charge is 0.496 e. The van der Waals surface area contributed by atoms with Crippen LogP contribution in [0, 0.1) is 0 Å². The number of methoxy groups -OCH3 is 3. The Morgan fingerprint density at radius 3 is 2.42 bits per heavy atom. The van der Waals surface area contributed by atoms with Crippen LogP contribution in [0.25, 0.3) is 10.9 Å². The molecule has 0 aliphatic carbocycles. The second kappa shape index (κ2) is 7.93. The molecule has 1 heterocycles. The zero-order valence-electron chi connectivity index (χ0n) is 14.6. The van der Waals surface area contributed by atoms with Gasteiger partial charge in [0.25, 0.3) is 0 Å². The van der Waals surface area contributed by atoms with Crippen molar-refractivity contribution in [2.24, 2.45) is 5.10 Å². The van der Waals surface area contributed by atoms with Crippen molar-refractivity contribution in [1.29, 1.82) is 0 Å². The SMILES string of the molecule is COc1cc(OC)c(OC)cc1C=NNc1ccnc2cc(Cl)ccc12. The average molecular weight is 372 g/mol. The highest BCUT2D eigenvalue weighted by atomic mass is 35.5. The highest BCUT2D eigenvalue weighted by molar-refractivity contribution is 6.31. The monoisotopic (exact) mass is 371 g/mol. The number of benzene rings is 2. The van der Waals surface area contributed by atoms with Crippen molar-refractivity contribution in [3.8, 4) is 17.2 Å². The molecule has 0 fully saturated rings. The van der Waals surface area contributed by atoms with Gasteiger partial charge in [-0.15, -0.1) is 0 Å². The number of halogens is 1. The van der Waals surface area contributed by atoms with Gasteiger partial charge in [0.2, 0.25) is 0 Å². The van der Waals surface area contributed by atoms with E-state index in [0.717, 1.165) is 22.2 Å². The molecule has 2 aromatic carbocycles. The maximum absolute atomic E-state index is 6.02. The van der Waals surface area contributed by atoms with Gasteiger partial charge in [-0.05, 0) is 30.3 Å². The second-order valence-electron chi connectivity index (χ2n) is 5.34. The van der Waals surface area contributed by atoms with Crippen LogP contribution in [0.3, 0.4) is 0 Å². The number of nitrogens with one attached hydrogen (secondary N) is 1. The fraction of sp³-hybridized carbons (Fsp3) is 0.158. The molecule has 0 spiro atoms. The topological polar surface area (TPSA) is 65.0 Å². The zero-order valence-corrected chi connectivity index (χ0v) is 15.4. The minimum Gasteiger partial charge on any atom is -0.496 e. The number of hydrazone groups is 1. The maximum atomic E-state index is 6.02. The molecular weight excluding hydrogens is 354 g/mol. The molecular formula is C19H18ClN3O3. The standard InChI is InChI=1S/C19H18ClN3O3/c1-24-17-10-19(26-3)18(25-2)8-12(17)11-22-23-15-6-7-21-16-9-13(20)4-5-14(15)16/h4-11H,1-3H3,(H,21,23). The smallest absolute Gasteiger partial charge is 0.164 e. The van der Waals surface area contributed by atoms with Crippen molar-refractivity contribution in [3.05, 3.63) is 53.2 Å². The molecule has 0 aliphatic rings. The maximum Gasteiger partial charge on any atom is 0.164 e. The van der Waals surface area contributed by atoms with E-state index in [2.05, 4.69) is 15.5 Å². The minimum absolute atomic E-state index is 0.589. The number of rotatable bonds is 6. The fourth-order valence-electron chi connectivity index (χ4n) is 2.54. The van der Waals surface area contributed by atoms with E-state index in [4.69, 9.17) is 25.8 Å². The summed E-state index contributed by atoms with van der Waals surface area (Å²) in [6, 6.07) is 10.9. The third-order valence-electron chi connectivity index (χ3n) is 3.83.